The number of nitrogens with one attached hydrogen (secondary N) is 1. The van der Waals surface area contributed by atoms with E-state index in [0.29, 0.717) is 25.9 Å². The Morgan fingerprint density at radius 1 is 1.04 bits per heavy atom. The molecule has 0 spiro atoms. The van der Waals surface area contributed by atoms with Gasteiger partial charge in [0.1, 0.15) is 12.1 Å². The van der Waals surface area contributed by atoms with E-state index in [1.54, 1.807) is 23.9 Å². The van der Waals surface area contributed by atoms with Gasteiger partial charge in [0.15, 0.2) is 5.78 Å². The van der Waals surface area contributed by atoms with E-state index in [2.05, 4.69) is 17.5 Å². The lowest BCUT2D eigenvalue weighted by molar-refractivity contribution is -0.146. The fourth-order valence-corrected chi connectivity index (χ4v) is 7.25. The molecule has 0 aromatic heterocycles. The predicted molar refractivity (Wildman–Crippen MR) is 169 cm³/mol. The van der Waals surface area contributed by atoms with Gasteiger partial charge in [-0.05, 0) is 50.0 Å². The van der Waals surface area contributed by atoms with E-state index >= 15 is 0 Å². The zero-order valence-electron chi connectivity index (χ0n) is 26.9. The van der Waals surface area contributed by atoms with Gasteiger partial charge in [-0.3, -0.25) is 19.2 Å². The zero-order valence-corrected chi connectivity index (χ0v) is 26.9. The van der Waals surface area contributed by atoms with E-state index in [9.17, 15) is 24.0 Å². The van der Waals surface area contributed by atoms with Crippen molar-refractivity contribution >= 4 is 29.6 Å². The van der Waals surface area contributed by atoms with Gasteiger partial charge < -0.3 is 24.8 Å². The van der Waals surface area contributed by atoms with E-state index in [1.165, 1.54) is 4.90 Å². The molecule has 10 heteroatoms. The standard InChI is InChI=1S/C35H48N4O6/c1-24-13-8-5-4-6-11-16-26-20-35(26,21-30(40)29-19-27(23-39(29)32(24)42)45-34(44)37(2)3)33(43)38-18-12-17-28(38)31(41)36-22-25-14-9-7-10-15-25/h7,9-11,14-16,24,26-29H,4-6,8,12-13,17-23H2,1-3H3,(H,36,41)/b16-11-/t24-,26-,27+,28-,29-,35+/m0/s1. The maximum Gasteiger partial charge on any atom is 0.409 e. The topological polar surface area (TPSA) is 116 Å². The number of rotatable bonds is 5. The van der Waals surface area contributed by atoms with Gasteiger partial charge in [0, 0.05) is 45.9 Å². The first-order valence-corrected chi connectivity index (χ1v) is 16.6. The van der Waals surface area contributed by atoms with Gasteiger partial charge in [0.25, 0.3) is 0 Å². The van der Waals surface area contributed by atoms with Crippen LogP contribution in [0.4, 0.5) is 4.79 Å². The number of hydrogen-bond donors (Lipinski definition) is 1. The molecule has 244 valence electrons. The molecule has 10 nitrogen and oxygen atoms in total. The fourth-order valence-electron chi connectivity index (χ4n) is 7.25. The molecule has 3 fully saturated rings. The summed E-state index contributed by atoms with van der Waals surface area (Å²) in [5.74, 6) is -0.959. The maximum atomic E-state index is 14.4. The minimum absolute atomic E-state index is 0.00707. The molecule has 0 bridgehead atoms. The van der Waals surface area contributed by atoms with Gasteiger partial charge in [-0.2, -0.15) is 0 Å². The first-order valence-electron chi connectivity index (χ1n) is 16.6. The van der Waals surface area contributed by atoms with Crippen molar-refractivity contribution < 1.29 is 28.7 Å². The van der Waals surface area contributed by atoms with Crippen LogP contribution in [0.2, 0.25) is 0 Å². The lowest BCUT2D eigenvalue weighted by Gasteiger charge is -2.31. The smallest absolute Gasteiger partial charge is 0.409 e. The Bertz CT molecular complexity index is 1300. The van der Waals surface area contributed by atoms with Crippen molar-refractivity contribution in [3.63, 3.8) is 0 Å². The fraction of sp³-hybridized carbons (Fsp3) is 0.629. The number of Topliss-reactive ketones (excluding diaryl/α,β-unsaturated/α-hetero) is 1. The number of carbonyl (C=O) groups excluding carboxylic acids is 5. The third-order valence-corrected chi connectivity index (χ3v) is 10.0. The summed E-state index contributed by atoms with van der Waals surface area (Å²) >= 11 is 0. The Hall–Kier alpha value is -3.69. The Morgan fingerprint density at radius 2 is 1.82 bits per heavy atom. The normalized spacial score (nSPS) is 31.2. The van der Waals surface area contributed by atoms with Gasteiger partial charge in [-0.25, -0.2) is 4.79 Å². The van der Waals surface area contributed by atoms with Crippen molar-refractivity contribution in [2.45, 2.75) is 95.9 Å². The van der Waals surface area contributed by atoms with Crippen molar-refractivity contribution in [3.8, 4) is 0 Å². The maximum absolute atomic E-state index is 14.4. The number of likely N-dealkylation sites (tertiary alicyclic amines) is 1. The summed E-state index contributed by atoms with van der Waals surface area (Å²) in [6, 6.07) is 8.33. The number of ketones is 1. The molecule has 1 N–H and O–H groups in total. The molecular formula is C35H48N4O6. The number of amides is 4. The van der Waals surface area contributed by atoms with E-state index in [-0.39, 0.29) is 54.7 Å². The van der Waals surface area contributed by atoms with Crippen molar-refractivity contribution in [2.24, 2.45) is 17.3 Å². The van der Waals surface area contributed by atoms with Crippen LogP contribution in [-0.4, -0.2) is 89.7 Å². The molecule has 3 aliphatic heterocycles. The third kappa shape index (κ3) is 7.42. The lowest BCUT2D eigenvalue weighted by atomic mass is 9.90. The molecule has 0 radical (unpaired) electrons. The van der Waals surface area contributed by atoms with E-state index in [4.69, 9.17) is 4.74 Å². The Morgan fingerprint density at radius 3 is 2.58 bits per heavy atom. The summed E-state index contributed by atoms with van der Waals surface area (Å²) in [5.41, 5.74) is 0.0501. The first-order chi connectivity index (χ1) is 21.6. The Labute approximate surface area is 266 Å². The van der Waals surface area contributed by atoms with Crippen LogP contribution in [0, 0.1) is 17.3 Å². The minimum atomic E-state index is -0.936. The number of hydrogen-bond acceptors (Lipinski definition) is 6. The van der Waals surface area contributed by atoms with Gasteiger partial charge in [0.2, 0.25) is 17.7 Å². The molecule has 1 saturated carbocycles. The highest BCUT2D eigenvalue weighted by Crippen LogP contribution is 2.58. The summed E-state index contributed by atoms with van der Waals surface area (Å²) in [5, 5.41) is 3.00. The Kier molecular flexibility index (Phi) is 10.3. The van der Waals surface area contributed by atoms with Crippen LogP contribution in [0.1, 0.15) is 76.7 Å². The molecule has 2 saturated heterocycles. The highest BCUT2D eigenvalue weighted by molar-refractivity contribution is 5.98. The molecule has 1 aliphatic carbocycles. The summed E-state index contributed by atoms with van der Waals surface area (Å²) in [4.78, 5) is 72.5. The quantitative estimate of drug-likeness (QED) is 0.496. The second-order valence-electron chi connectivity index (χ2n) is 13.6. The van der Waals surface area contributed by atoms with Crippen LogP contribution >= 0.6 is 0 Å². The molecule has 4 amide bonds. The van der Waals surface area contributed by atoms with Crippen LogP contribution < -0.4 is 5.32 Å². The molecule has 3 heterocycles. The Balaban J connectivity index is 1.36. The average Bonchev–Trinajstić information content (AvgIpc) is 3.34. The van der Waals surface area contributed by atoms with E-state index < -0.39 is 29.7 Å². The van der Waals surface area contributed by atoms with Crippen LogP contribution in [0.5, 0.6) is 0 Å². The summed E-state index contributed by atoms with van der Waals surface area (Å²) in [6.45, 7) is 2.93. The predicted octanol–water partition coefficient (Wildman–Crippen LogP) is 4.08. The van der Waals surface area contributed by atoms with Crippen molar-refractivity contribution in [3.05, 3.63) is 48.0 Å². The largest absolute Gasteiger partial charge is 0.444 e. The number of benzene rings is 1. The highest BCUT2D eigenvalue weighted by atomic mass is 16.6. The van der Waals surface area contributed by atoms with Gasteiger partial charge >= 0.3 is 6.09 Å². The van der Waals surface area contributed by atoms with Gasteiger partial charge in [-0.15, -0.1) is 0 Å². The monoisotopic (exact) mass is 620 g/mol. The minimum Gasteiger partial charge on any atom is -0.444 e. The molecule has 45 heavy (non-hydrogen) atoms. The van der Waals surface area contributed by atoms with Crippen molar-refractivity contribution in [2.75, 3.05) is 27.2 Å². The van der Waals surface area contributed by atoms with Crippen LogP contribution in [0.3, 0.4) is 0 Å². The molecular weight excluding hydrogens is 572 g/mol. The van der Waals surface area contributed by atoms with Crippen LogP contribution in [0.15, 0.2) is 42.5 Å². The number of allylic oxidation sites excluding steroid dienone is 2. The number of fused-ring (bicyclic) bond motifs is 2. The molecule has 5 rings (SSSR count). The number of ether oxygens (including phenoxy) is 1. The third-order valence-electron chi connectivity index (χ3n) is 10.0. The second kappa shape index (κ2) is 14.2. The van der Waals surface area contributed by atoms with Crippen LogP contribution in [-0.2, 0) is 30.5 Å². The SMILES string of the molecule is C[C@H]1CCCCC/C=C\[C@H]2C[C@@]2(C(=O)N2CCC[C@H]2C(=O)NCc2ccccc2)CC(=O)[C@@H]2C[C@@H](OC(=O)N(C)C)CN2C1=O. The lowest BCUT2D eigenvalue weighted by Crippen LogP contribution is -2.50. The van der Waals surface area contributed by atoms with Crippen molar-refractivity contribution in [1.82, 2.24) is 20.0 Å². The zero-order chi connectivity index (χ0) is 32.1. The molecule has 0 unspecified atom stereocenters. The summed E-state index contributed by atoms with van der Waals surface area (Å²) in [6.07, 6.45) is 9.70. The van der Waals surface area contributed by atoms with Crippen LogP contribution in [0.25, 0.3) is 0 Å². The van der Waals surface area contributed by atoms with Crippen molar-refractivity contribution in [1.29, 1.82) is 0 Å². The first kappa shape index (κ1) is 32.7. The molecule has 1 aromatic rings. The summed E-state index contributed by atoms with van der Waals surface area (Å²) in [7, 11) is 3.19. The average molecular weight is 621 g/mol. The highest BCUT2D eigenvalue weighted by Gasteiger charge is 2.62. The second-order valence-corrected chi connectivity index (χ2v) is 13.6. The van der Waals surface area contributed by atoms with E-state index in [0.717, 1.165) is 44.1 Å². The van der Waals surface area contributed by atoms with E-state index in [1.807, 2.05) is 37.3 Å². The molecule has 4 aliphatic rings. The number of nitrogens with zero attached hydrogens (tertiary/aromatic N) is 3. The molecule has 1 aromatic carbocycles. The summed E-state index contributed by atoms with van der Waals surface area (Å²) < 4.78 is 5.64. The van der Waals surface area contributed by atoms with Gasteiger partial charge in [0.05, 0.1) is 18.0 Å². The molecule has 6 atom stereocenters. The van der Waals surface area contributed by atoms with Gasteiger partial charge in [-0.1, -0.05) is 62.2 Å². The number of carbonyl (C=O) groups is 5.